The number of para-hydroxylation sites is 1. The first-order chi connectivity index (χ1) is 30.7. The summed E-state index contributed by atoms with van der Waals surface area (Å²) in [4.78, 5) is 22.4. The van der Waals surface area contributed by atoms with Gasteiger partial charge in [-0.15, -0.1) is 0 Å². The van der Waals surface area contributed by atoms with E-state index in [2.05, 4.69) is 167 Å². The predicted molar refractivity (Wildman–Crippen MR) is 254 cm³/mol. The fourth-order valence-electron chi connectivity index (χ4n) is 8.24. The first kappa shape index (κ1) is 36.6. The quantitative estimate of drug-likeness (QED) is 0.146. The first-order valence-electron chi connectivity index (χ1n) is 20.7. The third-order valence-electron chi connectivity index (χ3n) is 11.2. The summed E-state index contributed by atoms with van der Waals surface area (Å²) in [5.74, 6) is 2.73. The average Bonchev–Trinajstić information content (AvgIpc) is 3.68. The molecule has 292 valence electrons. The highest BCUT2D eigenvalue weighted by atomic mass is 15.2. The van der Waals surface area contributed by atoms with Gasteiger partial charge < -0.3 is 4.57 Å². The highest BCUT2D eigenvalue weighted by molar-refractivity contribution is 6.12. The summed E-state index contributed by atoms with van der Waals surface area (Å²) in [5, 5.41) is 2.29. The van der Waals surface area contributed by atoms with Gasteiger partial charge in [-0.25, -0.2) is 19.9 Å². The summed E-state index contributed by atoms with van der Waals surface area (Å²) >= 11 is 0. The number of hydrogen-bond donors (Lipinski definition) is 0. The van der Waals surface area contributed by atoms with Crippen LogP contribution in [-0.2, 0) is 0 Å². The smallest absolute Gasteiger partial charge is 0.164 e. The van der Waals surface area contributed by atoms with Gasteiger partial charge in [0.15, 0.2) is 17.5 Å². The van der Waals surface area contributed by atoms with Gasteiger partial charge in [-0.1, -0.05) is 152 Å². The molecule has 0 bridgehead atoms. The van der Waals surface area contributed by atoms with E-state index < -0.39 is 0 Å². The van der Waals surface area contributed by atoms with Crippen LogP contribution in [0.25, 0.3) is 84.0 Å². The van der Waals surface area contributed by atoms with E-state index in [1.54, 1.807) is 0 Å². The molecule has 0 spiro atoms. The lowest BCUT2D eigenvalue weighted by Crippen LogP contribution is -2.11. The van der Waals surface area contributed by atoms with E-state index in [9.17, 15) is 0 Å². The monoisotopic (exact) mass is 794 g/mol. The molecule has 0 fully saturated rings. The molecule has 6 heteroatoms. The highest BCUT2D eigenvalue weighted by Gasteiger charge is 2.20. The van der Waals surface area contributed by atoms with E-state index in [-0.39, 0.29) is 0 Å². The number of nitrogens with zero attached hydrogens (tertiary/aromatic N) is 6. The number of rotatable bonds is 9. The largest absolute Gasteiger partial charge is 0.309 e. The molecule has 0 aliphatic rings. The second kappa shape index (κ2) is 15.9. The summed E-state index contributed by atoms with van der Waals surface area (Å²) in [6.45, 7) is 0. The van der Waals surface area contributed by atoms with Gasteiger partial charge in [0.2, 0.25) is 0 Å². The van der Waals surface area contributed by atoms with Crippen LogP contribution in [0.5, 0.6) is 0 Å². The lowest BCUT2D eigenvalue weighted by molar-refractivity contribution is 1.07. The van der Waals surface area contributed by atoms with Crippen molar-refractivity contribution < 1.29 is 0 Å². The zero-order chi connectivity index (χ0) is 41.2. The third-order valence-corrected chi connectivity index (χ3v) is 11.2. The molecule has 0 aliphatic heterocycles. The van der Waals surface area contributed by atoms with Crippen molar-refractivity contribution in [1.82, 2.24) is 24.5 Å². The Balaban J connectivity index is 1.06. The number of anilines is 3. The minimum Gasteiger partial charge on any atom is -0.309 e. The number of fused-ring (bicyclic) bond motifs is 3. The molecule has 0 atom stereocenters. The Morgan fingerprint density at radius 1 is 0.306 bits per heavy atom. The Kier molecular flexibility index (Phi) is 9.41. The number of pyridine rings is 1. The van der Waals surface area contributed by atoms with Gasteiger partial charge in [-0.05, 0) is 90.0 Å². The van der Waals surface area contributed by atoms with Gasteiger partial charge in [0.05, 0.1) is 16.7 Å². The van der Waals surface area contributed by atoms with Crippen molar-refractivity contribution in [2.24, 2.45) is 0 Å². The Labute approximate surface area is 359 Å². The SMILES string of the molecule is c1ccc(-c2ccc3c(c2)c2cc(N(c4ccccc4)c4cccc(-c5ccccc5)n4)ccc2n3-c2ccc(-c3nc(-c4ccccc4)nc(-c4ccccc4)n3)cc2)cc1. The summed E-state index contributed by atoms with van der Waals surface area (Å²) in [5.41, 5.74) is 12.4. The molecular weight excluding hydrogens is 757 g/mol. The van der Waals surface area contributed by atoms with Crippen LogP contribution >= 0.6 is 0 Å². The van der Waals surface area contributed by atoms with Crippen molar-refractivity contribution in [2.75, 3.05) is 4.90 Å². The maximum Gasteiger partial charge on any atom is 0.164 e. The fraction of sp³-hybridized carbons (Fsp3) is 0. The van der Waals surface area contributed by atoms with E-state index in [0.29, 0.717) is 17.5 Å². The van der Waals surface area contributed by atoms with Crippen LogP contribution < -0.4 is 4.90 Å². The van der Waals surface area contributed by atoms with Crippen molar-refractivity contribution in [3.63, 3.8) is 0 Å². The summed E-state index contributed by atoms with van der Waals surface area (Å²) in [6.07, 6.45) is 0. The van der Waals surface area contributed by atoms with Gasteiger partial charge in [-0.2, -0.15) is 0 Å². The van der Waals surface area contributed by atoms with Crippen LogP contribution in [-0.4, -0.2) is 24.5 Å². The average molecular weight is 795 g/mol. The van der Waals surface area contributed by atoms with Crippen molar-refractivity contribution in [3.8, 4) is 62.2 Å². The molecule has 8 aromatic carbocycles. The maximum atomic E-state index is 5.23. The van der Waals surface area contributed by atoms with Crippen molar-refractivity contribution >= 4 is 39.0 Å². The highest BCUT2D eigenvalue weighted by Crippen LogP contribution is 2.41. The topological polar surface area (TPSA) is 59.7 Å². The minimum atomic E-state index is 0.620. The van der Waals surface area contributed by atoms with Crippen LogP contribution in [0.2, 0.25) is 0 Å². The standard InChI is InChI=1S/C56H38N6/c1-6-17-39(18-7-1)44-31-35-51-48(37-44)49-38-47(61(45-25-14-5-15-26-45)53-28-16-27-50(57-53)40-19-8-2-9-20-40)34-36-52(49)62(51)46-32-29-43(30-33-46)56-59-54(41-21-10-3-11-22-41)58-55(60-56)42-23-12-4-13-24-42/h1-38H. The van der Waals surface area contributed by atoms with Gasteiger partial charge in [0, 0.05) is 50.1 Å². The number of aromatic nitrogens is 5. The van der Waals surface area contributed by atoms with Gasteiger partial charge in [0.1, 0.15) is 5.82 Å². The summed E-state index contributed by atoms with van der Waals surface area (Å²) < 4.78 is 2.35. The maximum absolute atomic E-state index is 5.23. The molecule has 62 heavy (non-hydrogen) atoms. The molecular formula is C56H38N6. The first-order valence-corrected chi connectivity index (χ1v) is 20.7. The molecule has 3 heterocycles. The molecule has 0 unspecified atom stereocenters. The second-order valence-electron chi connectivity index (χ2n) is 15.1. The van der Waals surface area contributed by atoms with E-state index in [1.807, 2.05) is 72.8 Å². The van der Waals surface area contributed by atoms with Crippen molar-refractivity contribution in [3.05, 3.63) is 231 Å². The van der Waals surface area contributed by atoms with Gasteiger partial charge in [-0.3, -0.25) is 4.90 Å². The lowest BCUT2D eigenvalue weighted by Gasteiger charge is -2.25. The molecule has 0 radical (unpaired) electrons. The molecule has 0 saturated carbocycles. The van der Waals surface area contributed by atoms with Gasteiger partial charge >= 0.3 is 0 Å². The second-order valence-corrected chi connectivity index (χ2v) is 15.1. The van der Waals surface area contributed by atoms with Crippen LogP contribution in [0, 0.1) is 0 Å². The molecule has 0 amide bonds. The molecule has 0 N–H and O–H groups in total. The Morgan fingerprint density at radius 3 is 1.35 bits per heavy atom. The normalized spacial score (nSPS) is 11.2. The van der Waals surface area contributed by atoms with Gasteiger partial charge in [0.25, 0.3) is 0 Å². The lowest BCUT2D eigenvalue weighted by atomic mass is 10.0. The van der Waals surface area contributed by atoms with E-state index in [4.69, 9.17) is 19.9 Å². The van der Waals surface area contributed by atoms with E-state index in [0.717, 1.165) is 78.2 Å². The summed E-state index contributed by atoms with van der Waals surface area (Å²) in [6, 6.07) is 79.9. The molecule has 3 aromatic heterocycles. The zero-order valence-electron chi connectivity index (χ0n) is 33.6. The third kappa shape index (κ3) is 6.95. The zero-order valence-corrected chi connectivity index (χ0v) is 33.6. The number of hydrogen-bond acceptors (Lipinski definition) is 5. The molecule has 11 aromatic rings. The minimum absolute atomic E-state index is 0.620. The predicted octanol–water partition coefficient (Wildman–Crippen LogP) is 14.2. The number of benzene rings is 8. The summed E-state index contributed by atoms with van der Waals surface area (Å²) in [7, 11) is 0. The van der Waals surface area contributed by atoms with Crippen molar-refractivity contribution in [2.45, 2.75) is 0 Å². The van der Waals surface area contributed by atoms with Crippen LogP contribution in [0.4, 0.5) is 17.2 Å². The Bertz CT molecular complexity index is 3260. The Morgan fingerprint density at radius 2 is 0.774 bits per heavy atom. The molecule has 6 nitrogen and oxygen atoms in total. The van der Waals surface area contributed by atoms with Crippen LogP contribution in [0.15, 0.2) is 231 Å². The molecule has 0 aliphatic carbocycles. The van der Waals surface area contributed by atoms with E-state index in [1.165, 1.54) is 5.56 Å². The van der Waals surface area contributed by atoms with Crippen LogP contribution in [0.3, 0.4) is 0 Å². The Hall–Kier alpha value is -8.48. The van der Waals surface area contributed by atoms with Crippen molar-refractivity contribution in [1.29, 1.82) is 0 Å². The van der Waals surface area contributed by atoms with E-state index >= 15 is 0 Å². The molecule has 11 rings (SSSR count). The van der Waals surface area contributed by atoms with Crippen LogP contribution in [0.1, 0.15) is 0 Å². The fourth-order valence-corrected chi connectivity index (χ4v) is 8.24. The molecule has 0 saturated heterocycles.